The third-order valence-electron chi connectivity index (χ3n) is 4.88. The number of ether oxygens (including phenoxy) is 3. The number of methoxy groups -OCH3 is 1. The minimum Gasteiger partial charge on any atom is -0.449 e. The number of hydrogen-bond donors (Lipinski definition) is 2. The van der Waals surface area contributed by atoms with Gasteiger partial charge in [0, 0.05) is 31.2 Å². The number of carbonyl (C=O) groups is 2. The number of ketones is 1. The number of rotatable bonds is 15. The van der Waals surface area contributed by atoms with Gasteiger partial charge in [-0.2, -0.15) is 0 Å². The van der Waals surface area contributed by atoms with E-state index in [-0.39, 0.29) is 30.3 Å². The van der Waals surface area contributed by atoms with E-state index in [1.54, 1.807) is 14.0 Å². The average molecular weight is 480 g/mol. The van der Waals surface area contributed by atoms with Gasteiger partial charge in [-0.3, -0.25) is 4.79 Å². The minimum atomic E-state index is -2.82. The summed E-state index contributed by atoms with van der Waals surface area (Å²) in [4.78, 5) is 35.0. The Hall–Kier alpha value is -0.920. The molecular formula is C23H46NO7P. The van der Waals surface area contributed by atoms with E-state index in [0.717, 1.165) is 6.42 Å². The van der Waals surface area contributed by atoms with Crippen LogP contribution >= 0.6 is 7.34 Å². The lowest BCUT2D eigenvalue weighted by atomic mass is 9.85. The molecule has 0 aliphatic heterocycles. The molecule has 3 atom stereocenters. The van der Waals surface area contributed by atoms with Crippen LogP contribution in [-0.2, 0) is 23.5 Å². The van der Waals surface area contributed by atoms with Gasteiger partial charge in [-0.1, -0.05) is 47.8 Å². The third-order valence-corrected chi connectivity index (χ3v) is 7.56. The van der Waals surface area contributed by atoms with Gasteiger partial charge in [-0.05, 0) is 25.2 Å². The molecule has 0 radical (unpaired) electrons. The van der Waals surface area contributed by atoms with Crippen molar-refractivity contribution in [1.29, 1.82) is 0 Å². The van der Waals surface area contributed by atoms with Gasteiger partial charge in [0.2, 0.25) is 0 Å². The normalized spacial score (nSPS) is 16.2. The molecule has 0 aliphatic carbocycles. The molecule has 0 spiro atoms. The first-order valence-corrected chi connectivity index (χ1v) is 13.1. The van der Waals surface area contributed by atoms with E-state index < -0.39 is 24.6 Å². The highest BCUT2D eigenvalue weighted by Gasteiger charge is 2.30. The summed E-state index contributed by atoms with van der Waals surface area (Å²) in [5.41, 5.74) is -0.0120. The lowest BCUT2D eigenvalue weighted by molar-refractivity contribution is -0.121. The Labute approximate surface area is 194 Å². The smallest absolute Gasteiger partial charge is 0.407 e. The first-order valence-electron chi connectivity index (χ1n) is 11.2. The van der Waals surface area contributed by atoms with Gasteiger partial charge in [0.05, 0.1) is 32.5 Å². The molecule has 1 amide bonds. The lowest BCUT2D eigenvalue weighted by Gasteiger charge is -2.34. The fourth-order valence-corrected chi connectivity index (χ4v) is 3.60. The summed E-state index contributed by atoms with van der Waals surface area (Å²) < 4.78 is 21.4. The highest BCUT2D eigenvalue weighted by atomic mass is 31.2. The zero-order valence-electron chi connectivity index (χ0n) is 21.4. The minimum absolute atomic E-state index is 0.0120. The Morgan fingerprint density at radius 1 is 1.06 bits per heavy atom. The molecule has 2 N–H and O–H groups in total. The second-order valence-corrected chi connectivity index (χ2v) is 13.4. The van der Waals surface area contributed by atoms with Crippen molar-refractivity contribution in [1.82, 2.24) is 5.32 Å². The second kappa shape index (κ2) is 14.4. The zero-order chi connectivity index (χ0) is 25.0. The van der Waals surface area contributed by atoms with Crippen LogP contribution in [0.2, 0.25) is 0 Å². The van der Waals surface area contributed by atoms with Crippen molar-refractivity contribution in [3.8, 4) is 0 Å². The molecule has 32 heavy (non-hydrogen) atoms. The van der Waals surface area contributed by atoms with Gasteiger partial charge in [0.1, 0.15) is 7.34 Å². The third kappa shape index (κ3) is 14.3. The SMILES string of the molecule is C=P(O)(OCC(COC(=O)NC(C)C(=O)CCCOCCOC)CC(C)(C)C)C(C)(C)C. The van der Waals surface area contributed by atoms with Gasteiger partial charge < -0.3 is 28.9 Å². The number of nitrogens with one attached hydrogen (secondary N) is 1. The predicted octanol–water partition coefficient (Wildman–Crippen LogP) is 4.25. The maximum Gasteiger partial charge on any atom is 0.407 e. The van der Waals surface area contributed by atoms with E-state index in [4.69, 9.17) is 18.7 Å². The highest BCUT2D eigenvalue weighted by Crippen LogP contribution is 2.54. The lowest BCUT2D eigenvalue weighted by Crippen LogP contribution is -2.39. The monoisotopic (exact) mass is 479 g/mol. The zero-order valence-corrected chi connectivity index (χ0v) is 22.3. The Morgan fingerprint density at radius 3 is 2.22 bits per heavy atom. The van der Waals surface area contributed by atoms with Crippen LogP contribution in [-0.4, -0.2) is 74.4 Å². The Bertz CT molecular complexity index is 610. The van der Waals surface area contributed by atoms with Crippen LogP contribution in [0.1, 0.15) is 67.7 Å². The standard InChI is InChI=1S/C23H46NO7P/c1-18(20(25)11-10-12-29-14-13-28-8)24-21(26)30-16-19(15-22(2,3)4)17-31-32(9,27)23(5,6)7/h18-19,27H,9-17H2,1-8H3,(H,24,26). The predicted molar refractivity (Wildman–Crippen MR) is 130 cm³/mol. The van der Waals surface area contributed by atoms with Gasteiger partial charge in [-0.15, -0.1) is 0 Å². The first-order chi connectivity index (χ1) is 14.6. The molecule has 0 aromatic carbocycles. The molecule has 0 aromatic heterocycles. The maximum atomic E-state index is 12.2. The van der Waals surface area contributed by atoms with Gasteiger partial charge >= 0.3 is 6.09 Å². The van der Waals surface area contributed by atoms with Crippen molar-refractivity contribution < 1.29 is 33.2 Å². The largest absolute Gasteiger partial charge is 0.449 e. The van der Waals surface area contributed by atoms with E-state index in [1.165, 1.54) is 0 Å². The van der Waals surface area contributed by atoms with Gasteiger partial charge in [0.25, 0.3) is 0 Å². The highest BCUT2D eigenvalue weighted by molar-refractivity contribution is 7.65. The fraction of sp³-hybridized carbons (Fsp3) is 0.870. The molecule has 9 heteroatoms. The Balaban J connectivity index is 4.56. The van der Waals surface area contributed by atoms with Crippen molar-refractivity contribution in [2.75, 3.05) is 40.1 Å². The fourth-order valence-electron chi connectivity index (χ4n) is 2.76. The van der Waals surface area contributed by atoms with Gasteiger partial charge in [-0.25, -0.2) is 4.79 Å². The van der Waals surface area contributed by atoms with Crippen LogP contribution in [0.3, 0.4) is 0 Å². The van der Waals surface area contributed by atoms with Crippen molar-refractivity contribution in [3.05, 3.63) is 0 Å². The van der Waals surface area contributed by atoms with Crippen LogP contribution in [0.4, 0.5) is 4.79 Å². The van der Waals surface area contributed by atoms with Crippen molar-refractivity contribution in [2.45, 2.75) is 78.9 Å². The van der Waals surface area contributed by atoms with Gasteiger partial charge in [0.15, 0.2) is 5.78 Å². The Morgan fingerprint density at radius 2 is 1.69 bits per heavy atom. The second-order valence-electron chi connectivity index (χ2n) is 10.4. The van der Waals surface area contributed by atoms with Crippen LogP contribution in [0, 0.1) is 11.3 Å². The number of hydrogen-bond acceptors (Lipinski definition) is 7. The summed E-state index contributed by atoms with van der Waals surface area (Å²) in [5.74, 6) is -0.185. The number of amides is 1. The molecule has 0 bridgehead atoms. The van der Waals surface area contributed by atoms with Crippen LogP contribution < -0.4 is 5.32 Å². The number of carbonyl (C=O) groups excluding carboxylic acids is 2. The molecule has 0 heterocycles. The van der Waals surface area contributed by atoms with E-state index >= 15 is 0 Å². The molecular weight excluding hydrogens is 433 g/mol. The molecule has 190 valence electrons. The summed E-state index contributed by atoms with van der Waals surface area (Å²) in [6.07, 6.45) is 4.87. The number of Topliss-reactive ketones (excluding diaryl/α,β-unsaturated/α-hetero) is 1. The molecule has 0 fully saturated rings. The van der Waals surface area contributed by atoms with E-state index in [2.05, 4.69) is 32.4 Å². The molecule has 0 saturated carbocycles. The van der Waals surface area contributed by atoms with E-state index in [1.807, 2.05) is 20.8 Å². The molecule has 0 aliphatic rings. The quantitative estimate of drug-likeness (QED) is 0.267. The van der Waals surface area contributed by atoms with E-state index in [0.29, 0.717) is 32.7 Å². The molecule has 0 aromatic rings. The summed E-state index contributed by atoms with van der Waals surface area (Å²) in [6, 6.07) is -0.643. The summed E-state index contributed by atoms with van der Waals surface area (Å²) in [6.45, 7) is 15.4. The topological polar surface area (TPSA) is 103 Å². The Kier molecular flexibility index (Phi) is 14.0. The van der Waals surface area contributed by atoms with Crippen LogP contribution in [0.25, 0.3) is 0 Å². The first kappa shape index (κ1) is 31.1. The summed E-state index contributed by atoms with van der Waals surface area (Å²) >= 11 is 0. The van der Waals surface area contributed by atoms with Crippen LogP contribution in [0.15, 0.2) is 0 Å². The van der Waals surface area contributed by atoms with Crippen LogP contribution in [0.5, 0.6) is 0 Å². The number of alkyl carbamates (subject to hydrolysis) is 1. The van der Waals surface area contributed by atoms with Crippen molar-refractivity contribution in [3.63, 3.8) is 0 Å². The average Bonchev–Trinajstić information content (AvgIpc) is 2.64. The summed E-state index contributed by atoms with van der Waals surface area (Å²) in [7, 11) is -1.21. The molecule has 0 saturated heterocycles. The molecule has 0 rings (SSSR count). The maximum absolute atomic E-state index is 12.2. The van der Waals surface area contributed by atoms with Crippen molar-refractivity contribution in [2.24, 2.45) is 11.3 Å². The summed E-state index contributed by atoms with van der Waals surface area (Å²) in [5, 5.41) is 2.13. The van der Waals surface area contributed by atoms with Crippen molar-refractivity contribution >= 4 is 25.5 Å². The molecule has 3 unspecified atom stereocenters. The van der Waals surface area contributed by atoms with E-state index in [9.17, 15) is 14.5 Å². The molecule has 8 nitrogen and oxygen atoms in total.